The van der Waals surface area contributed by atoms with E-state index in [1.807, 2.05) is 39.8 Å². The second-order valence-corrected chi connectivity index (χ2v) is 15.2. The van der Waals surface area contributed by atoms with E-state index in [9.17, 15) is 20.1 Å². The topological polar surface area (TPSA) is 130 Å². The first-order valence-electron chi connectivity index (χ1n) is 17.4. The number of fused-ring (bicyclic) bond motifs is 2. The predicted molar refractivity (Wildman–Crippen MR) is 181 cm³/mol. The Labute approximate surface area is 283 Å². The number of aliphatic hydroxyl groups is 3. The average molecular weight is 669 g/mol. The highest BCUT2D eigenvalue weighted by molar-refractivity contribution is 5.73. The Balaban J connectivity index is 2.09. The highest BCUT2D eigenvalue weighted by atomic mass is 16.7. The van der Waals surface area contributed by atoms with E-state index >= 15 is 0 Å². The lowest BCUT2D eigenvalue weighted by atomic mass is 9.78. The molecule has 3 aliphatic heterocycles. The minimum atomic E-state index is -1.48. The second kappa shape index (κ2) is 16.5. The summed E-state index contributed by atoms with van der Waals surface area (Å²) >= 11 is 0. The quantitative estimate of drug-likeness (QED) is 0.273. The molecule has 3 rings (SSSR count). The van der Waals surface area contributed by atoms with Crippen LogP contribution in [0.15, 0.2) is 24.8 Å². The van der Waals surface area contributed by atoms with Crippen LogP contribution >= 0.6 is 0 Å². The van der Waals surface area contributed by atoms with Crippen LogP contribution in [0.1, 0.15) is 74.7 Å². The number of hydrogen-bond donors (Lipinski definition) is 3. The molecule has 1 unspecified atom stereocenters. The maximum absolute atomic E-state index is 13.8. The van der Waals surface area contributed by atoms with E-state index in [2.05, 4.69) is 31.9 Å². The van der Waals surface area contributed by atoms with Gasteiger partial charge in [-0.05, 0) is 79.5 Å². The van der Waals surface area contributed by atoms with E-state index in [-0.39, 0.29) is 30.7 Å². The molecule has 47 heavy (non-hydrogen) atoms. The van der Waals surface area contributed by atoms with Gasteiger partial charge in [-0.3, -0.25) is 9.69 Å². The number of aliphatic hydroxyl groups excluding tert-OH is 2. The van der Waals surface area contributed by atoms with Crippen molar-refractivity contribution < 1.29 is 43.8 Å². The molecule has 2 bridgehead atoms. The largest absolute Gasteiger partial charge is 0.459 e. The highest BCUT2D eigenvalue weighted by Crippen LogP contribution is 2.38. The molecule has 0 aliphatic carbocycles. The second-order valence-electron chi connectivity index (χ2n) is 15.2. The zero-order valence-corrected chi connectivity index (χ0v) is 30.6. The summed E-state index contributed by atoms with van der Waals surface area (Å²) < 4.78 is 31.8. The van der Waals surface area contributed by atoms with Gasteiger partial charge < -0.3 is 43.9 Å². The molecule has 15 atom stereocenters. The van der Waals surface area contributed by atoms with Gasteiger partial charge in [-0.2, -0.15) is 0 Å². The molecule has 11 heteroatoms. The average Bonchev–Trinajstić information content (AvgIpc) is 3.13. The summed E-state index contributed by atoms with van der Waals surface area (Å²) in [6.07, 6.45) is -2.63. The number of carbonyl (C=O) groups is 1. The summed E-state index contributed by atoms with van der Waals surface area (Å²) in [4.78, 5) is 18.1. The van der Waals surface area contributed by atoms with Gasteiger partial charge in [0.1, 0.15) is 23.9 Å². The number of rotatable bonds is 7. The van der Waals surface area contributed by atoms with E-state index in [1.54, 1.807) is 26.8 Å². The van der Waals surface area contributed by atoms with Crippen LogP contribution in [-0.2, 0) is 28.5 Å². The molecule has 0 aromatic carbocycles. The SMILES string of the molecule is C=CCO[C@]1(C)[C@@H](CC)OC(=O)[C@H](C)[C@H](O)[C@H](C)[C@@H](O[C@@H]2O[C@H](C)C[C@H](N(C)C)[C@H]2O)[C@](C)(O)C[C@@H](C)CN2CC(=C)CO[C@H]1[C@H]2C. The molecule has 0 radical (unpaired) electrons. The minimum Gasteiger partial charge on any atom is -0.459 e. The zero-order chi connectivity index (χ0) is 35.4. The van der Waals surface area contributed by atoms with Crippen molar-refractivity contribution in [3.05, 3.63) is 24.8 Å². The molecule has 3 aliphatic rings. The molecule has 3 heterocycles. The number of nitrogens with zero attached hydrogens (tertiary/aromatic N) is 2. The van der Waals surface area contributed by atoms with Crippen molar-refractivity contribution in [3.8, 4) is 0 Å². The number of carbonyl (C=O) groups excluding carboxylic acids is 1. The Hall–Kier alpha value is -1.41. The molecule has 3 saturated heterocycles. The maximum atomic E-state index is 13.8. The molecule has 3 N–H and O–H groups in total. The number of cyclic esters (lactones) is 1. The van der Waals surface area contributed by atoms with Crippen molar-refractivity contribution in [2.24, 2.45) is 17.8 Å². The molecule has 272 valence electrons. The van der Waals surface area contributed by atoms with E-state index in [0.717, 1.165) is 5.57 Å². The first-order valence-corrected chi connectivity index (χ1v) is 17.4. The fourth-order valence-electron chi connectivity index (χ4n) is 8.04. The minimum absolute atomic E-state index is 0.0390. The Morgan fingerprint density at radius 3 is 2.38 bits per heavy atom. The summed E-state index contributed by atoms with van der Waals surface area (Å²) in [5.74, 6) is -2.35. The van der Waals surface area contributed by atoms with Crippen LogP contribution in [0.3, 0.4) is 0 Å². The van der Waals surface area contributed by atoms with Crippen molar-refractivity contribution in [2.45, 2.75) is 141 Å². The van der Waals surface area contributed by atoms with Gasteiger partial charge in [-0.15, -0.1) is 6.58 Å². The number of likely N-dealkylation sites (N-methyl/N-ethyl adjacent to an activating group) is 1. The zero-order valence-electron chi connectivity index (χ0n) is 30.6. The summed E-state index contributed by atoms with van der Waals surface area (Å²) in [6.45, 7) is 24.9. The van der Waals surface area contributed by atoms with Gasteiger partial charge in [0.25, 0.3) is 0 Å². The van der Waals surface area contributed by atoms with Gasteiger partial charge in [-0.1, -0.05) is 33.4 Å². The normalized spacial score (nSPS) is 46.2. The van der Waals surface area contributed by atoms with Gasteiger partial charge in [-0.25, -0.2) is 0 Å². The van der Waals surface area contributed by atoms with E-state index < -0.39 is 65.8 Å². The van der Waals surface area contributed by atoms with Gasteiger partial charge >= 0.3 is 5.97 Å². The third kappa shape index (κ3) is 9.23. The first kappa shape index (κ1) is 40.0. The fraction of sp³-hybridized carbons (Fsp3) is 0.861. The van der Waals surface area contributed by atoms with Crippen molar-refractivity contribution in [3.63, 3.8) is 0 Å². The van der Waals surface area contributed by atoms with Gasteiger partial charge in [0.2, 0.25) is 0 Å². The van der Waals surface area contributed by atoms with Crippen molar-refractivity contribution in [1.29, 1.82) is 0 Å². The third-order valence-corrected chi connectivity index (χ3v) is 10.6. The van der Waals surface area contributed by atoms with Gasteiger partial charge in [0.15, 0.2) is 6.29 Å². The molecule has 11 nitrogen and oxygen atoms in total. The van der Waals surface area contributed by atoms with Gasteiger partial charge in [0.05, 0.1) is 43.0 Å². The molecule has 0 aromatic heterocycles. The van der Waals surface area contributed by atoms with E-state index in [4.69, 9.17) is 23.7 Å². The van der Waals surface area contributed by atoms with E-state index in [1.165, 1.54) is 0 Å². The monoisotopic (exact) mass is 668 g/mol. The standard InChI is InChI=1S/C36H64N2O9/c1-13-15-44-36(10)28(14-2)46-33(41)25(7)29(39)24(6)31(47-34-30(40)27(37(11)12)16-23(5)45-34)35(9,42)17-21(3)18-38-19-22(4)20-43-32(36)26(38)8/h13,21,23-32,34,39-40,42H,1,4,14-20H2,2-3,5-12H3/t21-,23-,24+,25-,26-,27+,28-,29-,30-,31-,32+,34+,35-,36-/m1/s1. The number of hydrogen-bond acceptors (Lipinski definition) is 11. The summed E-state index contributed by atoms with van der Waals surface area (Å²) in [6, 6.07) is -0.390. The molecule has 3 fully saturated rings. The van der Waals surface area contributed by atoms with Crippen molar-refractivity contribution in [2.75, 3.05) is 40.4 Å². The molecule has 0 spiro atoms. The Kier molecular flexibility index (Phi) is 14.1. The van der Waals surface area contributed by atoms with Crippen molar-refractivity contribution in [1.82, 2.24) is 9.80 Å². The molecule has 0 aromatic rings. The molecule has 0 amide bonds. The number of ether oxygens (including phenoxy) is 5. The number of esters is 1. The molecular weight excluding hydrogens is 604 g/mol. The Bertz CT molecular complexity index is 1060. The summed E-state index contributed by atoms with van der Waals surface area (Å²) in [5, 5.41) is 35.3. The van der Waals surface area contributed by atoms with E-state index in [0.29, 0.717) is 39.0 Å². The van der Waals surface area contributed by atoms with Crippen LogP contribution in [0.4, 0.5) is 0 Å². The first-order chi connectivity index (χ1) is 21.9. The maximum Gasteiger partial charge on any atom is 0.311 e. The lowest BCUT2D eigenvalue weighted by molar-refractivity contribution is -0.299. The Morgan fingerprint density at radius 2 is 1.79 bits per heavy atom. The molecule has 0 saturated carbocycles. The van der Waals surface area contributed by atoms with Gasteiger partial charge in [0, 0.05) is 31.1 Å². The van der Waals surface area contributed by atoms with Crippen LogP contribution in [0.2, 0.25) is 0 Å². The van der Waals surface area contributed by atoms with Crippen LogP contribution in [0.5, 0.6) is 0 Å². The smallest absolute Gasteiger partial charge is 0.311 e. The lowest BCUT2D eigenvalue weighted by Crippen LogP contribution is -2.61. The molecular formula is C36H64N2O9. The summed E-state index contributed by atoms with van der Waals surface area (Å²) in [5.41, 5.74) is -1.61. The van der Waals surface area contributed by atoms with Crippen LogP contribution in [-0.4, -0.2) is 138 Å². The van der Waals surface area contributed by atoms with Crippen LogP contribution < -0.4 is 0 Å². The highest BCUT2D eigenvalue weighted by Gasteiger charge is 2.52. The van der Waals surface area contributed by atoms with Crippen LogP contribution in [0.25, 0.3) is 0 Å². The van der Waals surface area contributed by atoms with Crippen LogP contribution in [0, 0.1) is 17.8 Å². The Morgan fingerprint density at radius 1 is 1.13 bits per heavy atom. The van der Waals surface area contributed by atoms with Crippen molar-refractivity contribution >= 4 is 5.97 Å². The predicted octanol–water partition coefficient (Wildman–Crippen LogP) is 3.15. The lowest BCUT2D eigenvalue weighted by Gasteiger charge is -2.46. The third-order valence-electron chi connectivity index (χ3n) is 10.6. The summed E-state index contributed by atoms with van der Waals surface area (Å²) in [7, 11) is 3.80. The fourth-order valence-corrected chi connectivity index (χ4v) is 8.04.